The minimum atomic E-state index is -0.594. The Morgan fingerprint density at radius 3 is 2.68 bits per heavy atom. The van der Waals surface area contributed by atoms with Crippen molar-refractivity contribution in [2.45, 2.75) is 44.1 Å². The van der Waals surface area contributed by atoms with Crippen molar-refractivity contribution in [1.29, 1.82) is 0 Å². The molecule has 0 aromatic heterocycles. The van der Waals surface area contributed by atoms with Gasteiger partial charge in [-0.25, -0.2) is 0 Å². The number of aliphatic hydroxyl groups is 1. The molecule has 2 N–H and O–H groups in total. The molecule has 1 aliphatic carbocycles. The smallest absolute Gasteiger partial charge is 0.234 e. The van der Waals surface area contributed by atoms with Crippen LogP contribution in [-0.4, -0.2) is 61.9 Å². The minimum Gasteiger partial charge on any atom is -0.389 e. The number of methoxy groups -OCH3 is 1. The molecule has 1 saturated carbocycles. The zero-order valence-electron chi connectivity index (χ0n) is 12.3. The van der Waals surface area contributed by atoms with E-state index in [0.29, 0.717) is 26.2 Å². The molecule has 0 spiro atoms. The molecule has 1 aliphatic rings. The van der Waals surface area contributed by atoms with E-state index in [9.17, 15) is 9.90 Å². The van der Waals surface area contributed by atoms with Gasteiger partial charge in [0.15, 0.2) is 0 Å². The van der Waals surface area contributed by atoms with Crippen LogP contribution < -0.4 is 5.32 Å². The Kier molecular flexibility index (Phi) is 7.34. The van der Waals surface area contributed by atoms with Gasteiger partial charge in [0.1, 0.15) is 0 Å². The van der Waals surface area contributed by atoms with Crippen molar-refractivity contribution in [2.24, 2.45) is 0 Å². The van der Waals surface area contributed by atoms with Crippen molar-refractivity contribution in [3.05, 3.63) is 0 Å². The number of likely N-dealkylation sites (N-methyl/N-ethyl adjacent to an activating group) is 1. The summed E-state index contributed by atoms with van der Waals surface area (Å²) < 4.78 is 4.92. The number of amides is 1. The van der Waals surface area contributed by atoms with E-state index in [0.717, 1.165) is 32.1 Å². The first-order valence-corrected chi connectivity index (χ1v) is 7.22. The SMILES string of the molecule is COCCCNC(=O)CN(C)CC1(O)CCCCC1. The third-order valence-electron chi connectivity index (χ3n) is 3.61. The molecule has 0 aliphatic heterocycles. The maximum absolute atomic E-state index is 11.7. The number of ether oxygens (including phenoxy) is 1. The van der Waals surface area contributed by atoms with Gasteiger partial charge in [-0.15, -0.1) is 0 Å². The number of carbonyl (C=O) groups is 1. The third kappa shape index (κ3) is 6.89. The van der Waals surface area contributed by atoms with Gasteiger partial charge >= 0.3 is 0 Å². The Balaban J connectivity index is 2.18. The van der Waals surface area contributed by atoms with E-state index in [1.807, 2.05) is 11.9 Å². The van der Waals surface area contributed by atoms with Crippen LogP contribution in [0.2, 0.25) is 0 Å². The lowest BCUT2D eigenvalue weighted by molar-refractivity contribution is -0.122. The molecule has 1 rings (SSSR count). The zero-order valence-corrected chi connectivity index (χ0v) is 12.3. The van der Waals surface area contributed by atoms with E-state index in [4.69, 9.17) is 4.74 Å². The van der Waals surface area contributed by atoms with Crippen molar-refractivity contribution in [2.75, 3.05) is 40.4 Å². The molecule has 19 heavy (non-hydrogen) atoms. The van der Waals surface area contributed by atoms with Gasteiger partial charge in [0, 0.05) is 26.8 Å². The molecule has 1 amide bonds. The number of hydrogen-bond donors (Lipinski definition) is 2. The van der Waals surface area contributed by atoms with Gasteiger partial charge in [0.05, 0.1) is 12.1 Å². The molecular formula is C14H28N2O3. The summed E-state index contributed by atoms with van der Waals surface area (Å²) in [7, 11) is 3.54. The van der Waals surface area contributed by atoms with Crippen LogP contribution in [0, 0.1) is 0 Å². The first kappa shape index (κ1) is 16.4. The van der Waals surface area contributed by atoms with Crippen molar-refractivity contribution >= 4 is 5.91 Å². The molecule has 0 unspecified atom stereocenters. The fraction of sp³-hybridized carbons (Fsp3) is 0.929. The standard InChI is InChI=1S/C14H28N2O3/c1-16(11-13(17)15-9-6-10-19-2)12-14(18)7-4-3-5-8-14/h18H,3-12H2,1-2H3,(H,15,17). The van der Waals surface area contributed by atoms with Crippen molar-refractivity contribution < 1.29 is 14.6 Å². The van der Waals surface area contributed by atoms with Gasteiger partial charge in [0.2, 0.25) is 5.91 Å². The quantitative estimate of drug-likeness (QED) is 0.641. The van der Waals surface area contributed by atoms with Crippen molar-refractivity contribution in [3.8, 4) is 0 Å². The van der Waals surface area contributed by atoms with E-state index < -0.39 is 5.60 Å². The maximum Gasteiger partial charge on any atom is 0.234 e. The van der Waals surface area contributed by atoms with Crippen LogP contribution in [0.5, 0.6) is 0 Å². The predicted octanol–water partition coefficient (Wildman–Crippen LogP) is 0.766. The third-order valence-corrected chi connectivity index (χ3v) is 3.61. The fourth-order valence-corrected chi connectivity index (χ4v) is 2.67. The largest absolute Gasteiger partial charge is 0.389 e. The van der Waals surface area contributed by atoms with E-state index in [2.05, 4.69) is 5.32 Å². The summed E-state index contributed by atoms with van der Waals surface area (Å²) in [5.74, 6) is 0.0120. The summed E-state index contributed by atoms with van der Waals surface area (Å²) in [5.41, 5.74) is -0.594. The monoisotopic (exact) mass is 272 g/mol. The summed E-state index contributed by atoms with van der Waals surface area (Å²) in [6.07, 6.45) is 5.93. The second kappa shape index (κ2) is 8.51. The normalized spacial score (nSPS) is 18.5. The average molecular weight is 272 g/mol. The van der Waals surface area contributed by atoms with Crippen molar-refractivity contribution in [1.82, 2.24) is 10.2 Å². The van der Waals surface area contributed by atoms with Gasteiger partial charge in [-0.05, 0) is 26.3 Å². The Hall–Kier alpha value is -0.650. The Morgan fingerprint density at radius 1 is 1.37 bits per heavy atom. The van der Waals surface area contributed by atoms with Crippen LogP contribution in [0.15, 0.2) is 0 Å². The fourth-order valence-electron chi connectivity index (χ4n) is 2.67. The first-order valence-electron chi connectivity index (χ1n) is 7.22. The van der Waals surface area contributed by atoms with Crippen LogP contribution in [0.25, 0.3) is 0 Å². The summed E-state index contributed by atoms with van der Waals surface area (Å²) >= 11 is 0. The van der Waals surface area contributed by atoms with Crippen LogP contribution in [0.1, 0.15) is 38.5 Å². The van der Waals surface area contributed by atoms with Gasteiger partial charge in [-0.3, -0.25) is 9.69 Å². The molecule has 5 nitrogen and oxygen atoms in total. The van der Waals surface area contributed by atoms with Crippen LogP contribution in [-0.2, 0) is 9.53 Å². The predicted molar refractivity (Wildman–Crippen MR) is 75.0 cm³/mol. The highest BCUT2D eigenvalue weighted by molar-refractivity contribution is 5.77. The Bertz CT molecular complexity index is 265. The number of hydrogen-bond acceptors (Lipinski definition) is 4. The van der Waals surface area contributed by atoms with E-state index in [-0.39, 0.29) is 5.91 Å². The average Bonchev–Trinajstić information content (AvgIpc) is 2.34. The van der Waals surface area contributed by atoms with Crippen LogP contribution in [0.3, 0.4) is 0 Å². The molecule has 5 heteroatoms. The highest BCUT2D eigenvalue weighted by atomic mass is 16.5. The lowest BCUT2D eigenvalue weighted by Crippen LogP contribution is -2.46. The van der Waals surface area contributed by atoms with E-state index in [1.165, 1.54) is 6.42 Å². The molecule has 0 radical (unpaired) electrons. The molecule has 0 atom stereocenters. The number of nitrogens with one attached hydrogen (secondary N) is 1. The topological polar surface area (TPSA) is 61.8 Å². The highest BCUT2D eigenvalue weighted by Gasteiger charge is 2.30. The highest BCUT2D eigenvalue weighted by Crippen LogP contribution is 2.28. The van der Waals surface area contributed by atoms with Gasteiger partial charge < -0.3 is 15.2 Å². The number of rotatable bonds is 8. The number of carbonyl (C=O) groups excluding carboxylic acids is 1. The number of nitrogens with zero attached hydrogens (tertiary/aromatic N) is 1. The maximum atomic E-state index is 11.7. The molecule has 1 fully saturated rings. The lowest BCUT2D eigenvalue weighted by atomic mass is 9.84. The van der Waals surface area contributed by atoms with Gasteiger partial charge in [-0.2, -0.15) is 0 Å². The molecule has 0 saturated heterocycles. The summed E-state index contributed by atoms with van der Waals surface area (Å²) in [6, 6.07) is 0. The molecule has 112 valence electrons. The molecular weight excluding hydrogens is 244 g/mol. The first-order chi connectivity index (χ1) is 9.06. The van der Waals surface area contributed by atoms with E-state index in [1.54, 1.807) is 7.11 Å². The summed E-state index contributed by atoms with van der Waals surface area (Å²) in [5, 5.41) is 13.3. The molecule has 0 bridgehead atoms. The molecule has 0 heterocycles. The van der Waals surface area contributed by atoms with Crippen LogP contribution in [0.4, 0.5) is 0 Å². The van der Waals surface area contributed by atoms with Crippen molar-refractivity contribution in [3.63, 3.8) is 0 Å². The Labute approximate surface area is 116 Å². The summed E-state index contributed by atoms with van der Waals surface area (Å²) in [6.45, 7) is 2.23. The summed E-state index contributed by atoms with van der Waals surface area (Å²) in [4.78, 5) is 13.6. The molecule has 0 aromatic rings. The lowest BCUT2D eigenvalue weighted by Gasteiger charge is -2.35. The second-order valence-corrected chi connectivity index (χ2v) is 5.65. The van der Waals surface area contributed by atoms with E-state index >= 15 is 0 Å². The van der Waals surface area contributed by atoms with Gasteiger partial charge in [0.25, 0.3) is 0 Å². The zero-order chi connectivity index (χ0) is 14.1. The van der Waals surface area contributed by atoms with Crippen LogP contribution >= 0.6 is 0 Å². The second-order valence-electron chi connectivity index (χ2n) is 5.65. The Morgan fingerprint density at radius 2 is 2.05 bits per heavy atom. The molecule has 0 aromatic carbocycles. The van der Waals surface area contributed by atoms with Gasteiger partial charge in [-0.1, -0.05) is 19.3 Å². The minimum absolute atomic E-state index is 0.0120.